The van der Waals surface area contributed by atoms with Gasteiger partial charge in [0.05, 0.1) is 7.11 Å². The molecule has 0 radical (unpaired) electrons. The summed E-state index contributed by atoms with van der Waals surface area (Å²) in [5, 5.41) is 3.94. The average molecular weight is 430 g/mol. The SMILES string of the molecule is COc1cc(CNCc2ccc3c(c2)OCO3)c(Cl)cc1OCc1ccc(F)cc1. The Balaban J connectivity index is 1.38. The van der Waals surface area contributed by atoms with Crippen molar-refractivity contribution in [1.82, 2.24) is 5.32 Å². The Labute approximate surface area is 179 Å². The van der Waals surface area contributed by atoms with Crippen LogP contribution >= 0.6 is 11.6 Å². The van der Waals surface area contributed by atoms with E-state index in [-0.39, 0.29) is 19.2 Å². The zero-order valence-corrected chi connectivity index (χ0v) is 17.2. The summed E-state index contributed by atoms with van der Waals surface area (Å²) >= 11 is 6.46. The van der Waals surface area contributed by atoms with Crippen molar-refractivity contribution in [3.05, 3.63) is 82.1 Å². The molecular formula is C23H21ClFNO4. The third kappa shape index (κ3) is 4.78. The minimum Gasteiger partial charge on any atom is -0.493 e. The molecular weight excluding hydrogens is 409 g/mol. The van der Waals surface area contributed by atoms with Gasteiger partial charge in [0, 0.05) is 24.2 Å². The smallest absolute Gasteiger partial charge is 0.231 e. The zero-order valence-electron chi connectivity index (χ0n) is 16.4. The Kier molecular flexibility index (Phi) is 6.26. The summed E-state index contributed by atoms with van der Waals surface area (Å²) in [6, 6.07) is 15.6. The fourth-order valence-electron chi connectivity index (χ4n) is 3.12. The van der Waals surface area contributed by atoms with Gasteiger partial charge in [-0.25, -0.2) is 4.39 Å². The van der Waals surface area contributed by atoms with E-state index in [0.717, 1.165) is 28.2 Å². The van der Waals surface area contributed by atoms with Gasteiger partial charge in [0.25, 0.3) is 0 Å². The van der Waals surface area contributed by atoms with Gasteiger partial charge in [0.1, 0.15) is 12.4 Å². The van der Waals surface area contributed by atoms with Crippen molar-refractivity contribution in [3.8, 4) is 23.0 Å². The van der Waals surface area contributed by atoms with Crippen molar-refractivity contribution in [1.29, 1.82) is 0 Å². The molecule has 4 rings (SSSR count). The third-order valence-corrected chi connectivity index (χ3v) is 5.07. The predicted molar refractivity (Wildman–Crippen MR) is 112 cm³/mol. The molecule has 1 aliphatic heterocycles. The van der Waals surface area contributed by atoms with Crippen molar-refractivity contribution in [2.45, 2.75) is 19.7 Å². The molecule has 0 saturated heterocycles. The second-order valence-corrected chi connectivity index (χ2v) is 7.21. The first-order valence-corrected chi connectivity index (χ1v) is 9.83. The Morgan fingerprint density at radius 2 is 1.70 bits per heavy atom. The van der Waals surface area contributed by atoms with Crippen molar-refractivity contribution < 1.29 is 23.3 Å². The molecule has 0 bridgehead atoms. The minimum atomic E-state index is -0.281. The average Bonchev–Trinajstić information content (AvgIpc) is 3.22. The van der Waals surface area contributed by atoms with E-state index < -0.39 is 0 Å². The lowest BCUT2D eigenvalue weighted by Gasteiger charge is -2.14. The van der Waals surface area contributed by atoms with E-state index in [1.807, 2.05) is 24.3 Å². The second kappa shape index (κ2) is 9.24. The van der Waals surface area contributed by atoms with Crippen LogP contribution in [0.5, 0.6) is 23.0 Å². The molecule has 0 atom stereocenters. The molecule has 0 aliphatic carbocycles. The molecule has 1 N–H and O–H groups in total. The van der Waals surface area contributed by atoms with Crippen molar-refractivity contribution in [3.63, 3.8) is 0 Å². The highest BCUT2D eigenvalue weighted by atomic mass is 35.5. The molecule has 0 aromatic heterocycles. The van der Waals surface area contributed by atoms with Gasteiger partial charge in [0.15, 0.2) is 23.0 Å². The molecule has 0 unspecified atom stereocenters. The molecule has 0 amide bonds. The molecule has 7 heteroatoms. The highest BCUT2D eigenvalue weighted by Gasteiger charge is 2.14. The van der Waals surface area contributed by atoms with E-state index in [1.54, 1.807) is 25.3 Å². The van der Waals surface area contributed by atoms with Crippen molar-refractivity contribution in [2.24, 2.45) is 0 Å². The van der Waals surface area contributed by atoms with Crippen LogP contribution in [0, 0.1) is 5.82 Å². The molecule has 0 spiro atoms. The number of hydrogen-bond donors (Lipinski definition) is 1. The molecule has 1 aliphatic rings. The van der Waals surface area contributed by atoms with E-state index in [1.165, 1.54) is 12.1 Å². The molecule has 0 saturated carbocycles. The zero-order chi connectivity index (χ0) is 20.9. The number of benzene rings is 3. The lowest BCUT2D eigenvalue weighted by atomic mass is 10.1. The molecule has 5 nitrogen and oxygen atoms in total. The highest BCUT2D eigenvalue weighted by molar-refractivity contribution is 6.31. The maximum Gasteiger partial charge on any atom is 0.231 e. The largest absolute Gasteiger partial charge is 0.493 e. The van der Waals surface area contributed by atoms with Crippen molar-refractivity contribution in [2.75, 3.05) is 13.9 Å². The first kappa shape index (κ1) is 20.3. The first-order chi connectivity index (χ1) is 14.6. The summed E-state index contributed by atoms with van der Waals surface area (Å²) in [6.07, 6.45) is 0. The summed E-state index contributed by atoms with van der Waals surface area (Å²) in [7, 11) is 1.58. The summed E-state index contributed by atoms with van der Waals surface area (Å²) < 4.78 is 35.1. The van der Waals surface area contributed by atoms with Gasteiger partial charge in [-0.15, -0.1) is 0 Å². The van der Waals surface area contributed by atoms with E-state index in [0.29, 0.717) is 29.6 Å². The molecule has 3 aromatic carbocycles. The van der Waals surface area contributed by atoms with Crippen LogP contribution in [0.1, 0.15) is 16.7 Å². The first-order valence-electron chi connectivity index (χ1n) is 9.45. The fourth-order valence-corrected chi connectivity index (χ4v) is 3.34. The van der Waals surface area contributed by atoms with Crippen LogP contribution in [-0.2, 0) is 19.7 Å². The van der Waals surface area contributed by atoms with E-state index in [2.05, 4.69) is 5.32 Å². The molecule has 0 fully saturated rings. The number of fused-ring (bicyclic) bond motifs is 1. The Bertz CT molecular complexity index is 1030. The second-order valence-electron chi connectivity index (χ2n) is 6.80. The predicted octanol–water partition coefficient (Wildman–Crippen LogP) is 5.09. The fraction of sp³-hybridized carbons (Fsp3) is 0.217. The van der Waals surface area contributed by atoms with Crippen LogP contribution < -0.4 is 24.3 Å². The topological polar surface area (TPSA) is 49.0 Å². The summed E-state index contributed by atoms with van der Waals surface area (Å²) in [4.78, 5) is 0. The maximum absolute atomic E-state index is 13.0. The van der Waals surface area contributed by atoms with Gasteiger partial charge in [-0.3, -0.25) is 0 Å². The van der Waals surface area contributed by atoms with Crippen molar-refractivity contribution >= 4 is 11.6 Å². The summed E-state index contributed by atoms with van der Waals surface area (Å²) in [5.74, 6) is 2.36. The number of nitrogens with one attached hydrogen (secondary N) is 1. The van der Waals surface area contributed by atoms with Gasteiger partial charge in [-0.05, 0) is 47.0 Å². The van der Waals surface area contributed by atoms with E-state index in [9.17, 15) is 4.39 Å². The Morgan fingerprint density at radius 3 is 2.50 bits per heavy atom. The minimum absolute atomic E-state index is 0.261. The van der Waals surface area contributed by atoms with Crippen LogP contribution in [0.3, 0.4) is 0 Å². The molecule has 156 valence electrons. The lowest BCUT2D eigenvalue weighted by molar-refractivity contribution is 0.174. The summed E-state index contributed by atoms with van der Waals surface area (Å²) in [5.41, 5.74) is 2.83. The molecule has 1 heterocycles. The number of ether oxygens (including phenoxy) is 4. The van der Waals surface area contributed by atoms with Crippen LogP contribution in [0.25, 0.3) is 0 Å². The van der Waals surface area contributed by atoms with Crippen LogP contribution in [0.15, 0.2) is 54.6 Å². The van der Waals surface area contributed by atoms with Crippen LogP contribution in [-0.4, -0.2) is 13.9 Å². The third-order valence-electron chi connectivity index (χ3n) is 4.72. The Hall–Kier alpha value is -2.96. The molecule has 3 aromatic rings. The van der Waals surface area contributed by atoms with Gasteiger partial charge < -0.3 is 24.3 Å². The highest BCUT2D eigenvalue weighted by Crippen LogP contribution is 2.34. The number of hydrogen-bond acceptors (Lipinski definition) is 5. The standard InChI is InChI=1S/C23H21ClFNO4/c1-27-21-9-17(12-26-11-16-4-7-20-22(8-16)30-14-29-20)19(24)10-23(21)28-13-15-2-5-18(25)6-3-15/h2-10,26H,11-14H2,1H3. The monoisotopic (exact) mass is 429 g/mol. The maximum atomic E-state index is 13.0. The number of halogens is 2. The van der Waals surface area contributed by atoms with Crippen LogP contribution in [0.4, 0.5) is 4.39 Å². The van der Waals surface area contributed by atoms with Crippen LogP contribution in [0.2, 0.25) is 5.02 Å². The molecule has 30 heavy (non-hydrogen) atoms. The van der Waals surface area contributed by atoms with E-state index in [4.69, 9.17) is 30.5 Å². The quantitative estimate of drug-likeness (QED) is 0.540. The Morgan fingerprint density at radius 1 is 0.933 bits per heavy atom. The van der Waals surface area contributed by atoms with Gasteiger partial charge in [-0.1, -0.05) is 29.8 Å². The van der Waals surface area contributed by atoms with E-state index >= 15 is 0 Å². The number of methoxy groups -OCH3 is 1. The lowest BCUT2D eigenvalue weighted by Crippen LogP contribution is -2.13. The number of rotatable bonds is 8. The van der Waals surface area contributed by atoms with Gasteiger partial charge >= 0.3 is 0 Å². The van der Waals surface area contributed by atoms with Gasteiger partial charge in [-0.2, -0.15) is 0 Å². The van der Waals surface area contributed by atoms with Gasteiger partial charge in [0.2, 0.25) is 6.79 Å². The summed E-state index contributed by atoms with van der Waals surface area (Å²) in [6.45, 7) is 1.76. The normalized spacial score (nSPS) is 12.1.